The molecular formula is C9H17NO2. The highest BCUT2D eigenvalue weighted by molar-refractivity contribution is 5.85. The molecule has 12 heavy (non-hydrogen) atoms. The molecular weight excluding hydrogens is 154 g/mol. The van der Waals surface area contributed by atoms with Crippen LogP contribution >= 0.6 is 0 Å². The van der Waals surface area contributed by atoms with Gasteiger partial charge in [-0.1, -0.05) is 19.3 Å². The molecule has 0 saturated heterocycles. The van der Waals surface area contributed by atoms with Crippen molar-refractivity contribution in [3.05, 3.63) is 0 Å². The lowest BCUT2D eigenvalue weighted by atomic mass is 9.84. The smallest absolute Gasteiger partial charge is 0.165 e. The number of carbonyl (C=O) groups excluding carboxylic acids is 1. The van der Waals surface area contributed by atoms with Crippen LogP contribution in [0.25, 0.3) is 0 Å². The Labute approximate surface area is 72.9 Å². The molecule has 3 heteroatoms. The standard InChI is InChI=1S/C9H17NO2/c10-6-8(11)9(12)7-4-2-1-3-5-7/h7-8,11H,1-6,10H2. The van der Waals surface area contributed by atoms with Crippen LogP contribution in [0.1, 0.15) is 32.1 Å². The highest BCUT2D eigenvalue weighted by Crippen LogP contribution is 2.24. The van der Waals surface area contributed by atoms with Crippen molar-refractivity contribution >= 4 is 5.78 Å². The Balaban J connectivity index is 2.39. The van der Waals surface area contributed by atoms with Crippen LogP contribution in [0.15, 0.2) is 0 Å². The van der Waals surface area contributed by atoms with E-state index in [-0.39, 0.29) is 18.2 Å². The molecule has 3 N–H and O–H groups in total. The maximum absolute atomic E-state index is 11.4. The summed E-state index contributed by atoms with van der Waals surface area (Å²) < 4.78 is 0. The van der Waals surface area contributed by atoms with E-state index in [0.29, 0.717) is 0 Å². The molecule has 1 aliphatic rings. The average molecular weight is 171 g/mol. The predicted molar refractivity (Wildman–Crippen MR) is 46.6 cm³/mol. The van der Waals surface area contributed by atoms with E-state index in [4.69, 9.17) is 5.73 Å². The van der Waals surface area contributed by atoms with Crippen molar-refractivity contribution in [3.8, 4) is 0 Å². The Bertz CT molecular complexity index is 153. The Morgan fingerprint density at radius 3 is 2.50 bits per heavy atom. The van der Waals surface area contributed by atoms with Crippen LogP contribution in [-0.2, 0) is 4.79 Å². The third-order valence-electron chi connectivity index (χ3n) is 2.56. The SMILES string of the molecule is NCC(O)C(=O)C1CCCCC1. The van der Waals surface area contributed by atoms with Crippen LogP contribution in [0.3, 0.4) is 0 Å². The zero-order chi connectivity index (χ0) is 8.97. The Kier molecular flexibility index (Phi) is 3.69. The number of ketones is 1. The van der Waals surface area contributed by atoms with Crippen molar-refractivity contribution in [1.29, 1.82) is 0 Å². The summed E-state index contributed by atoms with van der Waals surface area (Å²) in [4.78, 5) is 11.4. The lowest BCUT2D eigenvalue weighted by Gasteiger charge is -2.21. The topological polar surface area (TPSA) is 63.3 Å². The number of Topliss-reactive ketones (excluding diaryl/α,β-unsaturated/α-hetero) is 1. The number of hydrogen-bond acceptors (Lipinski definition) is 3. The summed E-state index contributed by atoms with van der Waals surface area (Å²) in [5.74, 6) is 0.0366. The minimum absolute atomic E-state index is 0.0443. The summed E-state index contributed by atoms with van der Waals surface area (Å²) in [6.07, 6.45) is 4.42. The zero-order valence-corrected chi connectivity index (χ0v) is 7.33. The van der Waals surface area contributed by atoms with Gasteiger partial charge in [0.2, 0.25) is 0 Å². The van der Waals surface area contributed by atoms with Gasteiger partial charge < -0.3 is 10.8 Å². The van der Waals surface area contributed by atoms with Crippen LogP contribution < -0.4 is 5.73 Å². The molecule has 0 bridgehead atoms. The summed E-state index contributed by atoms with van der Waals surface area (Å²) in [5, 5.41) is 9.20. The Morgan fingerprint density at radius 2 is 2.00 bits per heavy atom. The lowest BCUT2D eigenvalue weighted by Crippen LogP contribution is -2.35. The summed E-state index contributed by atoms with van der Waals surface area (Å²) in [6, 6.07) is 0. The number of nitrogens with two attached hydrogens (primary N) is 1. The molecule has 70 valence electrons. The van der Waals surface area contributed by atoms with E-state index >= 15 is 0 Å². The first-order valence-electron chi connectivity index (χ1n) is 4.67. The number of aliphatic hydroxyl groups is 1. The van der Waals surface area contributed by atoms with E-state index in [1.54, 1.807) is 0 Å². The van der Waals surface area contributed by atoms with Crippen molar-refractivity contribution in [1.82, 2.24) is 0 Å². The molecule has 0 aromatic carbocycles. The highest BCUT2D eigenvalue weighted by atomic mass is 16.3. The van der Waals surface area contributed by atoms with Gasteiger partial charge in [-0.3, -0.25) is 4.79 Å². The maximum atomic E-state index is 11.4. The normalized spacial score (nSPS) is 22.2. The Morgan fingerprint density at radius 1 is 1.42 bits per heavy atom. The van der Waals surface area contributed by atoms with Gasteiger partial charge >= 0.3 is 0 Å². The molecule has 1 aliphatic carbocycles. The van der Waals surface area contributed by atoms with Gasteiger partial charge in [-0.2, -0.15) is 0 Å². The van der Waals surface area contributed by atoms with E-state index in [1.165, 1.54) is 6.42 Å². The second-order valence-corrected chi connectivity index (χ2v) is 3.49. The molecule has 0 spiro atoms. The van der Waals surface area contributed by atoms with Crippen molar-refractivity contribution in [2.75, 3.05) is 6.54 Å². The Hall–Kier alpha value is -0.410. The third kappa shape index (κ3) is 2.29. The first kappa shape index (κ1) is 9.68. The van der Waals surface area contributed by atoms with Crippen LogP contribution in [0.4, 0.5) is 0 Å². The number of aliphatic hydroxyl groups excluding tert-OH is 1. The minimum Gasteiger partial charge on any atom is -0.384 e. The van der Waals surface area contributed by atoms with Crippen molar-refractivity contribution in [2.45, 2.75) is 38.2 Å². The monoisotopic (exact) mass is 171 g/mol. The van der Waals surface area contributed by atoms with Gasteiger partial charge in [-0.05, 0) is 12.8 Å². The molecule has 1 atom stereocenters. The van der Waals surface area contributed by atoms with Gasteiger partial charge in [0.05, 0.1) is 0 Å². The first-order valence-corrected chi connectivity index (χ1v) is 4.67. The lowest BCUT2D eigenvalue weighted by molar-refractivity contribution is -0.131. The summed E-state index contributed by atoms with van der Waals surface area (Å²) >= 11 is 0. The zero-order valence-electron chi connectivity index (χ0n) is 7.33. The van der Waals surface area contributed by atoms with E-state index in [9.17, 15) is 9.90 Å². The van der Waals surface area contributed by atoms with E-state index in [2.05, 4.69) is 0 Å². The molecule has 0 aliphatic heterocycles. The van der Waals surface area contributed by atoms with Crippen LogP contribution in [0.2, 0.25) is 0 Å². The minimum atomic E-state index is -0.923. The molecule has 1 fully saturated rings. The number of rotatable bonds is 3. The quantitative estimate of drug-likeness (QED) is 0.648. The summed E-state index contributed by atoms with van der Waals surface area (Å²) in [5.41, 5.74) is 5.21. The van der Waals surface area contributed by atoms with E-state index in [1.807, 2.05) is 0 Å². The molecule has 1 rings (SSSR count). The molecule has 0 radical (unpaired) electrons. The van der Waals surface area contributed by atoms with Crippen LogP contribution in [0.5, 0.6) is 0 Å². The largest absolute Gasteiger partial charge is 0.384 e. The molecule has 0 aromatic rings. The predicted octanol–water partition coefficient (Wildman–Crippen LogP) is 0.455. The molecule has 0 amide bonds. The van der Waals surface area contributed by atoms with Gasteiger partial charge in [0.25, 0.3) is 0 Å². The van der Waals surface area contributed by atoms with Crippen molar-refractivity contribution in [3.63, 3.8) is 0 Å². The highest BCUT2D eigenvalue weighted by Gasteiger charge is 2.25. The summed E-state index contributed by atoms with van der Waals surface area (Å²) in [7, 11) is 0. The fraction of sp³-hybridized carbons (Fsp3) is 0.889. The van der Waals surface area contributed by atoms with Gasteiger partial charge in [0.15, 0.2) is 5.78 Å². The van der Waals surface area contributed by atoms with Crippen LogP contribution in [0, 0.1) is 5.92 Å². The summed E-state index contributed by atoms with van der Waals surface area (Å²) in [6.45, 7) is 0.0648. The van der Waals surface area contributed by atoms with Gasteiger partial charge in [-0.15, -0.1) is 0 Å². The molecule has 3 nitrogen and oxygen atoms in total. The van der Waals surface area contributed by atoms with Crippen LogP contribution in [-0.4, -0.2) is 23.5 Å². The van der Waals surface area contributed by atoms with Crippen molar-refractivity contribution < 1.29 is 9.90 Å². The number of carbonyl (C=O) groups is 1. The fourth-order valence-corrected chi connectivity index (χ4v) is 1.78. The third-order valence-corrected chi connectivity index (χ3v) is 2.56. The maximum Gasteiger partial charge on any atom is 0.165 e. The molecule has 1 unspecified atom stereocenters. The van der Waals surface area contributed by atoms with E-state index in [0.717, 1.165) is 25.7 Å². The van der Waals surface area contributed by atoms with Gasteiger partial charge in [0.1, 0.15) is 6.10 Å². The second-order valence-electron chi connectivity index (χ2n) is 3.49. The van der Waals surface area contributed by atoms with Gasteiger partial charge in [0, 0.05) is 12.5 Å². The van der Waals surface area contributed by atoms with E-state index < -0.39 is 6.10 Å². The first-order chi connectivity index (χ1) is 5.75. The average Bonchev–Trinajstić information content (AvgIpc) is 2.17. The molecule has 0 heterocycles. The van der Waals surface area contributed by atoms with Gasteiger partial charge in [-0.25, -0.2) is 0 Å². The molecule has 0 aromatic heterocycles. The fourth-order valence-electron chi connectivity index (χ4n) is 1.78. The van der Waals surface area contributed by atoms with Crippen molar-refractivity contribution in [2.24, 2.45) is 11.7 Å². The number of hydrogen-bond donors (Lipinski definition) is 2. The second kappa shape index (κ2) is 4.58. The molecule has 1 saturated carbocycles.